The van der Waals surface area contributed by atoms with Crippen molar-refractivity contribution < 1.29 is 14.6 Å². The maximum atomic E-state index is 12.6. The highest BCUT2D eigenvalue weighted by Crippen LogP contribution is 2.21. The molecule has 2 aromatic carbocycles. The van der Waals surface area contributed by atoms with Crippen molar-refractivity contribution in [3.05, 3.63) is 58.3 Å². The number of imidazole rings is 1. The summed E-state index contributed by atoms with van der Waals surface area (Å²) in [5, 5.41) is 17.9. The molecule has 0 saturated heterocycles. The first kappa shape index (κ1) is 22.9. The number of aliphatic hydroxyl groups excluding tert-OH is 1. The summed E-state index contributed by atoms with van der Waals surface area (Å²) >= 11 is 11.8. The topological polar surface area (TPSA) is 99.3 Å². The number of hydrogen-bond acceptors (Lipinski definition) is 5. The number of nitrogens with one attached hydrogen (secondary N) is 3. The normalized spacial score (nSPS) is 19.6. The maximum absolute atomic E-state index is 12.6. The lowest BCUT2D eigenvalue weighted by atomic mass is 9.91. The summed E-state index contributed by atoms with van der Waals surface area (Å²) in [6.45, 7) is 0.666. The van der Waals surface area contributed by atoms with Gasteiger partial charge in [0, 0.05) is 28.7 Å². The zero-order valence-electron chi connectivity index (χ0n) is 17.5. The number of benzene rings is 2. The lowest BCUT2D eigenvalue weighted by molar-refractivity contribution is 0.0906. The van der Waals surface area contributed by atoms with Crippen LogP contribution in [0.3, 0.4) is 0 Å². The first-order valence-corrected chi connectivity index (χ1v) is 11.5. The third-order valence-electron chi connectivity index (χ3n) is 5.62. The number of ether oxygens (including phenoxy) is 1. The monoisotopic (exact) mass is 476 g/mol. The van der Waals surface area contributed by atoms with Crippen LogP contribution in [0.2, 0.25) is 10.0 Å². The maximum Gasteiger partial charge on any atom is 0.287 e. The number of aliphatic hydroxyl groups is 1. The molecule has 4 N–H and O–H groups in total. The number of carbonyl (C=O) groups excluding carboxylic acids is 1. The van der Waals surface area contributed by atoms with Crippen molar-refractivity contribution in [3.63, 3.8) is 0 Å². The molecular formula is C23H26Cl2N4O3. The van der Waals surface area contributed by atoms with Crippen LogP contribution >= 0.6 is 23.2 Å². The molecule has 3 aromatic rings. The summed E-state index contributed by atoms with van der Waals surface area (Å²) in [5.41, 5.74) is 1.46. The van der Waals surface area contributed by atoms with Gasteiger partial charge < -0.3 is 25.5 Å². The van der Waals surface area contributed by atoms with E-state index < -0.39 is 6.10 Å². The van der Waals surface area contributed by atoms with Crippen LogP contribution in [-0.2, 0) is 0 Å². The molecular weight excluding hydrogens is 451 g/mol. The number of nitrogens with zero attached hydrogens (tertiary/aromatic N) is 1. The lowest BCUT2D eigenvalue weighted by Crippen LogP contribution is -2.44. The second-order valence-electron chi connectivity index (χ2n) is 8.10. The number of fused-ring (bicyclic) bond motifs is 1. The summed E-state index contributed by atoms with van der Waals surface area (Å²) in [4.78, 5) is 19.9. The number of H-pyrrole nitrogens is 1. The molecule has 1 fully saturated rings. The third-order valence-corrected chi connectivity index (χ3v) is 6.11. The van der Waals surface area contributed by atoms with Gasteiger partial charge >= 0.3 is 0 Å². The molecule has 1 unspecified atom stereocenters. The predicted octanol–water partition coefficient (Wildman–Crippen LogP) is 3.94. The summed E-state index contributed by atoms with van der Waals surface area (Å²) in [7, 11) is 0. The van der Waals surface area contributed by atoms with Crippen LogP contribution in [0.1, 0.15) is 36.3 Å². The number of hydrogen-bond donors (Lipinski definition) is 4. The van der Waals surface area contributed by atoms with Crippen LogP contribution in [0.15, 0.2) is 42.5 Å². The van der Waals surface area contributed by atoms with Gasteiger partial charge in [0.15, 0.2) is 5.82 Å². The van der Waals surface area contributed by atoms with Crippen LogP contribution in [0.25, 0.3) is 11.0 Å². The second-order valence-corrected chi connectivity index (χ2v) is 8.97. The minimum Gasteiger partial charge on any atom is -0.491 e. The number of halogens is 2. The molecule has 0 bridgehead atoms. The van der Waals surface area contributed by atoms with E-state index in [4.69, 9.17) is 27.9 Å². The largest absolute Gasteiger partial charge is 0.491 e. The van der Waals surface area contributed by atoms with Crippen LogP contribution < -0.4 is 15.4 Å². The Balaban J connectivity index is 1.16. The lowest BCUT2D eigenvalue weighted by Gasteiger charge is -2.30. The van der Waals surface area contributed by atoms with E-state index in [1.807, 2.05) is 0 Å². The van der Waals surface area contributed by atoms with E-state index in [1.165, 1.54) is 0 Å². The van der Waals surface area contributed by atoms with Crippen molar-refractivity contribution in [2.24, 2.45) is 0 Å². The Morgan fingerprint density at radius 1 is 1.09 bits per heavy atom. The van der Waals surface area contributed by atoms with E-state index in [1.54, 1.807) is 42.5 Å². The van der Waals surface area contributed by atoms with Crippen LogP contribution in [0, 0.1) is 0 Å². The average molecular weight is 477 g/mol. The molecule has 32 heavy (non-hydrogen) atoms. The number of aromatic nitrogens is 2. The zero-order valence-corrected chi connectivity index (χ0v) is 19.0. The van der Waals surface area contributed by atoms with Gasteiger partial charge in [-0.25, -0.2) is 4.98 Å². The molecule has 0 spiro atoms. The fourth-order valence-corrected chi connectivity index (χ4v) is 4.17. The van der Waals surface area contributed by atoms with Crippen molar-refractivity contribution >= 4 is 40.1 Å². The van der Waals surface area contributed by atoms with Gasteiger partial charge in [0.25, 0.3) is 5.91 Å². The summed E-state index contributed by atoms with van der Waals surface area (Å²) in [5.74, 6) is 0.770. The minimum atomic E-state index is -0.607. The number of aromatic amines is 1. The highest BCUT2D eigenvalue weighted by molar-refractivity contribution is 6.31. The van der Waals surface area contributed by atoms with Crippen molar-refractivity contribution in [1.82, 2.24) is 20.6 Å². The molecule has 170 valence electrons. The van der Waals surface area contributed by atoms with Gasteiger partial charge in [0.1, 0.15) is 18.5 Å². The van der Waals surface area contributed by atoms with Gasteiger partial charge in [-0.1, -0.05) is 23.2 Å². The predicted molar refractivity (Wildman–Crippen MR) is 126 cm³/mol. The van der Waals surface area contributed by atoms with E-state index in [2.05, 4.69) is 20.6 Å². The Kier molecular flexibility index (Phi) is 7.52. The van der Waals surface area contributed by atoms with Crippen LogP contribution in [-0.4, -0.2) is 52.3 Å². The Labute approximate surface area is 196 Å². The molecule has 1 aliphatic carbocycles. The minimum absolute atomic E-state index is 0.107. The van der Waals surface area contributed by atoms with Crippen LogP contribution in [0.5, 0.6) is 5.75 Å². The van der Waals surface area contributed by atoms with Gasteiger partial charge in [-0.15, -0.1) is 0 Å². The molecule has 7 nitrogen and oxygen atoms in total. The zero-order chi connectivity index (χ0) is 22.5. The van der Waals surface area contributed by atoms with E-state index in [0.29, 0.717) is 39.7 Å². The van der Waals surface area contributed by atoms with Gasteiger partial charge in [-0.3, -0.25) is 4.79 Å². The summed E-state index contributed by atoms with van der Waals surface area (Å²) in [6, 6.07) is 12.8. The molecule has 0 aliphatic heterocycles. The Morgan fingerprint density at radius 3 is 2.53 bits per heavy atom. The number of amides is 1. The standard InChI is InChI=1S/C23H26Cl2N4O3/c24-14-1-8-19(9-2-14)32-13-18(30)12-26-16-4-6-17(7-5-16)27-23(31)22-28-20-10-3-15(25)11-21(20)29-22/h1-3,8-11,16-18,26,30H,4-7,12-13H2,(H,27,31)(H,28,29)/t16-,17-,18?. The highest BCUT2D eigenvalue weighted by Gasteiger charge is 2.24. The quantitative estimate of drug-likeness (QED) is 0.394. The summed E-state index contributed by atoms with van der Waals surface area (Å²) < 4.78 is 5.58. The molecule has 0 radical (unpaired) electrons. The molecule has 1 amide bonds. The van der Waals surface area contributed by atoms with Crippen molar-refractivity contribution in [1.29, 1.82) is 0 Å². The van der Waals surface area contributed by atoms with Crippen LogP contribution in [0.4, 0.5) is 0 Å². The fourth-order valence-electron chi connectivity index (χ4n) is 3.87. The Hall–Kier alpha value is -2.32. The van der Waals surface area contributed by atoms with Crippen molar-refractivity contribution in [2.75, 3.05) is 13.2 Å². The SMILES string of the molecule is O=C(N[C@H]1CC[C@H](NCC(O)COc2ccc(Cl)cc2)CC1)c1nc2ccc(Cl)cc2[nH]1. The Morgan fingerprint density at radius 2 is 1.78 bits per heavy atom. The van der Waals surface area contributed by atoms with Crippen molar-refractivity contribution in [2.45, 2.75) is 43.9 Å². The molecule has 9 heteroatoms. The molecule has 1 saturated carbocycles. The molecule has 4 rings (SSSR count). The molecule has 1 aromatic heterocycles. The van der Waals surface area contributed by atoms with Gasteiger partial charge in [-0.2, -0.15) is 0 Å². The fraction of sp³-hybridized carbons (Fsp3) is 0.391. The average Bonchev–Trinajstić information content (AvgIpc) is 3.21. The first-order valence-electron chi connectivity index (χ1n) is 10.7. The summed E-state index contributed by atoms with van der Waals surface area (Å²) in [6.07, 6.45) is 2.97. The molecule has 1 aliphatic rings. The second kappa shape index (κ2) is 10.5. The van der Waals surface area contributed by atoms with E-state index in [0.717, 1.165) is 31.2 Å². The van der Waals surface area contributed by atoms with Gasteiger partial charge in [0.05, 0.1) is 11.0 Å². The number of carbonyl (C=O) groups is 1. The van der Waals surface area contributed by atoms with E-state index in [-0.39, 0.29) is 18.6 Å². The highest BCUT2D eigenvalue weighted by atomic mass is 35.5. The molecule has 1 atom stereocenters. The first-order chi connectivity index (χ1) is 15.5. The smallest absolute Gasteiger partial charge is 0.287 e. The Bertz CT molecular complexity index is 1050. The van der Waals surface area contributed by atoms with Gasteiger partial charge in [0.2, 0.25) is 0 Å². The van der Waals surface area contributed by atoms with Gasteiger partial charge in [-0.05, 0) is 68.1 Å². The third kappa shape index (κ3) is 6.13. The van der Waals surface area contributed by atoms with Crippen molar-refractivity contribution in [3.8, 4) is 5.75 Å². The molecule has 1 heterocycles. The number of rotatable bonds is 8. The van der Waals surface area contributed by atoms with E-state index in [9.17, 15) is 9.90 Å². The van der Waals surface area contributed by atoms with E-state index >= 15 is 0 Å².